The molecule has 0 saturated carbocycles. The average molecular weight is 307 g/mol. The predicted octanol–water partition coefficient (Wildman–Crippen LogP) is 2.38. The van der Waals surface area contributed by atoms with Crippen LogP contribution in [0.25, 0.3) is 10.9 Å². The number of aromatic amines is 1. The quantitative estimate of drug-likeness (QED) is 0.750. The molecule has 1 aliphatic heterocycles. The number of amides is 1. The van der Waals surface area contributed by atoms with Crippen LogP contribution in [0.15, 0.2) is 41.5 Å². The number of aryl methyl sites for hydroxylation is 2. The molecule has 0 bridgehead atoms. The van der Waals surface area contributed by atoms with Crippen molar-refractivity contribution in [2.24, 2.45) is 7.05 Å². The van der Waals surface area contributed by atoms with Crippen LogP contribution in [-0.4, -0.2) is 22.0 Å². The fraction of sp³-hybridized carbons (Fsp3) is 0.222. The Balaban J connectivity index is 1.90. The molecule has 1 aromatic carbocycles. The predicted molar refractivity (Wildman–Crippen MR) is 90.1 cm³/mol. The molecule has 5 heteroatoms. The number of para-hydroxylation sites is 1. The van der Waals surface area contributed by atoms with Gasteiger partial charge in [0.2, 0.25) is 0 Å². The summed E-state index contributed by atoms with van der Waals surface area (Å²) in [6, 6.07) is 7.92. The molecule has 23 heavy (non-hydrogen) atoms. The van der Waals surface area contributed by atoms with Crippen LogP contribution >= 0.6 is 0 Å². The standard InChI is InChI=1S/C18H17N3O2/c1-11-9-19-17(22)15-13(10-20(2)16(11)15)18(23)21-8-7-12-5-3-4-6-14(12)21/h3-6,9-10H,7-8H2,1-2H3,(H,19,22). The summed E-state index contributed by atoms with van der Waals surface area (Å²) in [6.45, 7) is 2.58. The number of rotatable bonds is 1. The van der Waals surface area contributed by atoms with E-state index in [0.717, 1.165) is 23.2 Å². The smallest absolute Gasteiger partial charge is 0.260 e. The van der Waals surface area contributed by atoms with E-state index in [9.17, 15) is 9.59 Å². The second-order valence-corrected chi connectivity index (χ2v) is 6.01. The van der Waals surface area contributed by atoms with E-state index in [1.807, 2.05) is 42.8 Å². The normalized spacial score (nSPS) is 13.6. The highest BCUT2D eigenvalue weighted by molar-refractivity contribution is 6.15. The van der Waals surface area contributed by atoms with E-state index in [0.29, 0.717) is 17.5 Å². The van der Waals surface area contributed by atoms with Crippen molar-refractivity contribution in [1.29, 1.82) is 0 Å². The lowest BCUT2D eigenvalue weighted by Crippen LogP contribution is -2.29. The SMILES string of the molecule is Cc1c[nH]c(=O)c2c(C(=O)N3CCc4ccccc43)cn(C)c12. The molecule has 0 atom stereocenters. The molecule has 1 aliphatic rings. The summed E-state index contributed by atoms with van der Waals surface area (Å²) in [7, 11) is 1.86. The zero-order valence-corrected chi connectivity index (χ0v) is 13.1. The van der Waals surface area contributed by atoms with Gasteiger partial charge in [-0.15, -0.1) is 0 Å². The van der Waals surface area contributed by atoms with Crippen molar-refractivity contribution in [2.75, 3.05) is 11.4 Å². The number of carbonyl (C=O) groups is 1. The van der Waals surface area contributed by atoms with Crippen molar-refractivity contribution in [3.8, 4) is 0 Å². The summed E-state index contributed by atoms with van der Waals surface area (Å²) in [5.41, 5.74) is 4.11. The van der Waals surface area contributed by atoms with E-state index in [-0.39, 0.29) is 11.5 Å². The molecule has 3 aromatic rings. The molecule has 3 heterocycles. The molecule has 116 valence electrons. The molecule has 1 N–H and O–H groups in total. The van der Waals surface area contributed by atoms with Crippen LogP contribution in [0.4, 0.5) is 5.69 Å². The van der Waals surface area contributed by atoms with Crippen molar-refractivity contribution in [1.82, 2.24) is 9.55 Å². The van der Waals surface area contributed by atoms with E-state index in [1.54, 1.807) is 17.3 Å². The summed E-state index contributed by atoms with van der Waals surface area (Å²) >= 11 is 0. The van der Waals surface area contributed by atoms with Gasteiger partial charge >= 0.3 is 0 Å². The third-order valence-corrected chi connectivity index (χ3v) is 4.56. The third kappa shape index (κ3) is 1.93. The van der Waals surface area contributed by atoms with Gasteiger partial charge in [-0.3, -0.25) is 9.59 Å². The van der Waals surface area contributed by atoms with E-state index < -0.39 is 0 Å². The number of carbonyl (C=O) groups excluding carboxylic acids is 1. The highest BCUT2D eigenvalue weighted by atomic mass is 16.2. The maximum atomic E-state index is 13.1. The number of pyridine rings is 1. The minimum Gasteiger partial charge on any atom is -0.349 e. The van der Waals surface area contributed by atoms with Crippen molar-refractivity contribution in [2.45, 2.75) is 13.3 Å². The van der Waals surface area contributed by atoms with Gasteiger partial charge < -0.3 is 14.5 Å². The molecule has 0 fully saturated rings. The van der Waals surface area contributed by atoms with Gasteiger partial charge in [0.25, 0.3) is 11.5 Å². The Morgan fingerprint density at radius 2 is 2.04 bits per heavy atom. The first kappa shape index (κ1) is 13.8. The van der Waals surface area contributed by atoms with Crippen LogP contribution in [0.5, 0.6) is 0 Å². The molecule has 0 saturated heterocycles. The van der Waals surface area contributed by atoms with Crippen LogP contribution in [0.2, 0.25) is 0 Å². The van der Waals surface area contributed by atoms with E-state index in [1.165, 1.54) is 5.56 Å². The number of fused-ring (bicyclic) bond motifs is 2. The summed E-state index contributed by atoms with van der Waals surface area (Å²) < 4.78 is 1.86. The maximum Gasteiger partial charge on any atom is 0.260 e. The summed E-state index contributed by atoms with van der Waals surface area (Å²) in [5.74, 6) is -0.114. The van der Waals surface area contributed by atoms with Crippen molar-refractivity contribution < 1.29 is 4.79 Å². The second kappa shape index (κ2) is 4.84. The number of anilines is 1. The van der Waals surface area contributed by atoms with Crippen LogP contribution in [0.3, 0.4) is 0 Å². The van der Waals surface area contributed by atoms with Crippen LogP contribution in [0, 0.1) is 6.92 Å². The Morgan fingerprint density at radius 3 is 2.87 bits per heavy atom. The molecule has 0 spiro atoms. The topological polar surface area (TPSA) is 58.1 Å². The monoisotopic (exact) mass is 307 g/mol. The maximum absolute atomic E-state index is 13.1. The van der Waals surface area contributed by atoms with E-state index in [4.69, 9.17) is 0 Å². The molecule has 4 rings (SSSR count). The molecule has 0 aliphatic carbocycles. The Labute approximate surface area is 133 Å². The minimum absolute atomic E-state index is 0.114. The lowest BCUT2D eigenvalue weighted by molar-refractivity contribution is 0.0990. The summed E-state index contributed by atoms with van der Waals surface area (Å²) in [5, 5.41) is 0.474. The van der Waals surface area contributed by atoms with Gasteiger partial charge in [-0.05, 0) is 30.5 Å². The van der Waals surface area contributed by atoms with Crippen LogP contribution < -0.4 is 10.5 Å². The Bertz CT molecular complexity index is 997. The van der Waals surface area contributed by atoms with Crippen LogP contribution in [0.1, 0.15) is 21.5 Å². The zero-order chi connectivity index (χ0) is 16.1. The van der Waals surface area contributed by atoms with E-state index in [2.05, 4.69) is 4.98 Å². The molecular formula is C18H17N3O2. The Kier molecular flexibility index (Phi) is 2.91. The Morgan fingerprint density at radius 1 is 1.26 bits per heavy atom. The van der Waals surface area contributed by atoms with Gasteiger partial charge in [0.15, 0.2) is 0 Å². The number of nitrogens with one attached hydrogen (secondary N) is 1. The lowest BCUT2D eigenvalue weighted by atomic mass is 10.1. The third-order valence-electron chi connectivity index (χ3n) is 4.56. The van der Waals surface area contributed by atoms with Crippen molar-refractivity contribution >= 4 is 22.5 Å². The van der Waals surface area contributed by atoms with Gasteiger partial charge in [0.05, 0.1) is 16.5 Å². The number of H-pyrrole nitrogens is 1. The molecule has 2 aromatic heterocycles. The largest absolute Gasteiger partial charge is 0.349 e. The molecule has 1 amide bonds. The lowest BCUT2D eigenvalue weighted by Gasteiger charge is -2.16. The first-order valence-corrected chi connectivity index (χ1v) is 7.65. The minimum atomic E-state index is -0.220. The number of benzene rings is 1. The number of nitrogens with zero attached hydrogens (tertiary/aromatic N) is 2. The molecule has 5 nitrogen and oxygen atoms in total. The van der Waals surface area contributed by atoms with Gasteiger partial charge in [-0.2, -0.15) is 0 Å². The van der Waals surface area contributed by atoms with Crippen molar-refractivity contribution in [3.63, 3.8) is 0 Å². The fourth-order valence-electron chi connectivity index (χ4n) is 3.50. The van der Waals surface area contributed by atoms with Gasteiger partial charge in [0.1, 0.15) is 0 Å². The number of hydrogen-bond donors (Lipinski definition) is 1. The van der Waals surface area contributed by atoms with Gasteiger partial charge in [-0.1, -0.05) is 18.2 Å². The highest BCUT2D eigenvalue weighted by Gasteiger charge is 2.28. The second-order valence-electron chi connectivity index (χ2n) is 6.01. The first-order chi connectivity index (χ1) is 11.1. The average Bonchev–Trinajstić information content (AvgIpc) is 3.12. The van der Waals surface area contributed by atoms with Crippen LogP contribution in [-0.2, 0) is 13.5 Å². The summed E-state index contributed by atoms with van der Waals surface area (Å²) in [4.78, 5) is 29.8. The highest BCUT2D eigenvalue weighted by Crippen LogP contribution is 2.30. The van der Waals surface area contributed by atoms with Gasteiger partial charge in [0, 0.05) is 31.7 Å². The molecule has 0 radical (unpaired) electrons. The van der Waals surface area contributed by atoms with E-state index >= 15 is 0 Å². The summed E-state index contributed by atoms with van der Waals surface area (Å²) in [6.07, 6.45) is 4.29. The Hall–Kier alpha value is -2.82. The fourth-order valence-corrected chi connectivity index (χ4v) is 3.50. The zero-order valence-electron chi connectivity index (χ0n) is 13.1. The molecular weight excluding hydrogens is 290 g/mol. The number of hydrogen-bond acceptors (Lipinski definition) is 2. The van der Waals surface area contributed by atoms with Crippen molar-refractivity contribution in [3.05, 3.63) is 63.7 Å². The number of aromatic nitrogens is 2. The molecule has 0 unspecified atom stereocenters. The first-order valence-electron chi connectivity index (χ1n) is 7.65. The van der Waals surface area contributed by atoms with Gasteiger partial charge in [-0.25, -0.2) is 0 Å².